The maximum atomic E-state index is 13.4. The first-order chi connectivity index (χ1) is 16.1. The fraction of sp³-hybridized carbons (Fsp3) is 0.458. The number of amides is 1. The van der Waals surface area contributed by atoms with Gasteiger partial charge >= 0.3 is 0 Å². The molecule has 1 fully saturated rings. The summed E-state index contributed by atoms with van der Waals surface area (Å²) in [5, 5.41) is 3.40. The molecule has 2 aromatic rings. The van der Waals surface area contributed by atoms with E-state index in [1.165, 1.54) is 49.9 Å². The fourth-order valence-electron chi connectivity index (χ4n) is 4.07. The van der Waals surface area contributed by atoms with Crippen molar-refractivity contribution in [1.82, 2.24) is 9.62 Å². The molecule has 1 aliphatic heterocycles. The molecule has 1 saturated heterocycles. The maximum absolute atomic E-state index is 13.4. The lowest BCUT2D eigenvalue weighted by Gasteiger charge is -2.21. The molecule has 186 valence electrons. The highest BCUT2D eigenvalue weighted by atomic mass is 35.5. The average Bonchev–Trinajstić information content (AvgIpc) is 3.28. The number of nitrogens with zero attached hydrogens (tertiary/aromatic N) is 1. The Kier molecular flexibility index (Phi) is 8.33. The molecule has 0 radical (unpaired) electrons. The van der Waals surface area contributed by atoms with Crippen molar-refractivity contribution < 1.29 is 27.4 Å². The Labute approximate surface area is 206 Å². The summed E-state index contributed by atoms with van der Waals surface area (Å²) in [6.07, 6.45) is 0. The van der Waals surface area contributed by atoms with E-state index in [4.69, 9.17) is 25.8 Å². The van der Waals surface area contributed by atoms with Crippen molar-refractivity contribution in [3.63, 3.8) is 0 Å². The number of ether oxygens (including phenoxy) is 3. The molecule has 0 aliphatic carbocycles. The summed E-state index contributed by atoms with van der Waals surface area (Å²) in [7, 11) is 0.709. The zero-order chi connectivity index (χ0) is 25.0. The Hall–Kier alpha value is -2.49. The van der Waals surface area contributed by atoms with Crippen LogP contribution >= 0.6 is 11.6 Å². The van der Waals surface area contributed by atoms with Crippen LogP contribution in [0.4, 0.5) is 0 Å². The van der Waals surface area contributed by atoms with Gasteiger partial charge in [-0.25, -0.2) is 8.42 Å². The van der Waals surface area contributed by atoms with E-state index >= 15 is 0 Å². The Morgan fingerprint density at radius 2 is 1.65 bits per heavy atom. The number of methoxy groups -OCH3 is 3. The standard InChI is InChI=1S/C24H31ClN2O6S/c1-15(2)12-26-24(28)20-14-27(34(29,30)18-8-6-17(25)7-9-18)13-19(20)16-10-21(31-3)23(33-5)22(11-16)32-4/h6-11,15,19-20H,12-14H2,1-5H3,(H,26,28). The SMILES string of the molecule is COc1cc(C2CN(S(=O)(=O)c3ccc(Cl)cc3)CC2C(=O)NCC(C)C)cc(OC)c1OC. The zero-order valence-corrected chi connectivity index (χ0v) is 21.6. The highest BCUT2D eigenvalue weighted by Crippen LogP contribution is 2.44. The van der Waals surface area contributed by atoms with Gasteiger partial charge in [0.25, 0.3) is 0 Å². The molecule has 2 aromatic carbocycles. The molecule has 0 aromatic heterocycles. The van der Waals surface area contributed by atoms with Crippen LogP contribution in [-0.2, 0) is 14.8 Å². The van der Waals surface area contributed by atoms with Crippen molar-refractivity contribution in [3.8, 4) is 17.2 Å². The molecule has 2 unspecified atom stereocenters. The van der Waals surface area contributed by atoms with Crippen molar-refractivity contribution in [1.29, 1.82) is 0 Å². The summed E-state index contributed by atoms with van der Waals surface area (Å²) in [6.45, 7) is 4.69. The van der Waals surface area contributed by atoms with Gasteiger partial charge in [0.1, 0.15) is 0 Å². The van der Waals surface area contributed by atoms with E-state index in [0.29, 0.717) is 28.8 Å². The minimum Gasteiger partial charge on any atom is -0.493 e. The molecule has 8 nitrogen and oxygen atoms in total. The van der Waals surface area contributed by atoms with Crippen LogP contribution in [0.5, 0.6) is 17.2 Å². The molecule has 1 N–H and O–H groups in total. The number of hydrogen-bond donors (Lipinski definition) is 1. The number of rotatable bonds is 9. The van der Waals surface area contributed by atoms with E-state index < -0.39 is 21.9 Å². The van der Waals surface area contributed by atoms with E-state index in [-0.39, 0.29) is 29.8 Å². The molecule has 2 atom stereocenters. The average molecular weight is 511 g/mol. The van der Waals surface area contributed by atoms with Gasteiger partial charge in [-0.15, -0.1) is 0 Å². The molecule has 1 amide bonds. The van der Waals surface area contributed by atoms with Gasteiger partial charge in [0.15, 0.2) is 11.5 Å². The zero-order valence-electron chi connectivity index (χ0n) is 20.0. The summed E-state index contributed by atoms with van der Waals surface area (Å²) >= 11 is 5.94. The molecule has 0 spiro atoms. The van der Waals surface area contributed by atoms with Gasteiger partial charge in [-0.2, -0.15) is 4.31 Å². The predicted octanol–water partition coefficient (Wildman–Crippen LogP) is 3.54. The normalized spacial score (nSPS) is 18.7. The number of sulfonamides is 1. The predicted molar refractivity (Wildman–Crippen MR) is 130 cm³/mol. The third-order valence-corrected chi connectivity index (χ3v) is 7.97. The van der Waals surface area contributed by atoms with Crippen LogP contribution < -0.4 is 19.5 Å². The van der Waals surface area contributed by atoms with Crippen LogP contribution in [0, 0.1) is 11.8 Å². The lowest BCUT2D eigenvalue weighted by atomic mass is 9.87. The Morgan fingerprint density at radius 1 is 1.06 bits per heavy atom. The monoisotopic (exact) mass is 510 g/mol. The second-order valence-corrected chi connectivity index (χ2v) is 11.0. The quantitative estimate of drug-likeness (QED) is 0.554. The minimum absolute atomic E-state index is 0.0518. The van der Waals surface area contributed by atoms with Gasteiger partial charge in [-0.1, -0.05) is 25.4 Å². The van der Waals surface area contributed by atoms with E-state index in [2.05, 4.69) is 5.32 Å². The molecule has 3 rings (SSSR count). The minimum atomic E-state index is -3.83. The summed E-state index contributed by atoms with van der Waals surface area (Å²) in [4.78, 5) is 13.3. The van der Waals surface area contributed by atoms with Gasteiger partial charge < -0.3 is 19.5 Å². The molecule has 1 heterocycles. The highest BCUT2D eigenvalue weighted by molar-refractivity contribution is 7.89. The lowest BCUT2D eigenvalue weighted by Crippen LogP contribution is -2.37. The van der Waals surface area contributed by atoms with Crippen LogP contribution in [0.1, 0.15) is 25.3 Å². The summed E-state index contributed by atoms with van der Waals surface area (Å²) in [5.74, 6) is 0.374. The van der Waals surface area contributed by atoms with Crippen LogP contribution in [0.3, 0.4) is 0 Å². The largest absolute Gasteiger partial charge is 0.493 e. The molecule has 34 heavy (non-hydrogen) atoms. The van der Waals surface area contributed by atoms with Gasteiger partial charge in [0.2, 0.25) is 21.7 Å². The van der Waals surface area contributed by atoms with Crippen LogP contribution in [0.15, 0.2) is 41.3 Å². The van der Waals surface area contributed by atoms with Crippen molar-refractivity contribution in [2.75, 3.05) is 41.0 Å². The molecule has 10 heteroatoms. The number of hydrogen-bond acceptors (Lipinski definition) is 6. The van der Waals surface area contributed by atoms with Crippen molar-refractivity contribution in [2.24, 2.45) is 11.8 Å². The smallest absolute Gasteiger partial charge is 0.243 e. The topological polar surface area (TPSA) is 94.2 Å². The Bertz CT molecular complexity index is 1100. The van der Waals surface area contributed by atoms with Crippen molar-refractivity contribution in [2.45, 2.75) is 24.7 Å². The van der Waals surface area contributed by atoms with Crippen LogP contribution in [-0.4, -0.2) is 59.6 Å². The first-order valence-electron chi connectivity index (χ1n) is 11.0. The van der Waals surface area contributed by atoms with Gasteiger partial charge in [-0.3, -0.25) is 4.79 Å². The van der Waals surface area contributed by atoms with Crippen molar-refractivity contribution >= 4 is 27.5 Å². The third-order valence-electron chi connectivity index (χ3n) is 5.87. The lowest BCUT2D eigenvalue weighted by molar-refractivity contribution is -0.125. The third kappa shape index (κ3) is 5.42. The van der Waals surface area contributed by atoms with Crippen molar-refractivity contribution in [3.05, 3.63) is 47.0 Å². The Morgan fingerprint density at radius 3 is 2.15 bits per heavy atom. The molecule has 1 aliphatic rings. The molecule has 0 bridgehead atoms. The van der Waals surface area contributed by atoms with E-state index in [9.17, 15) is 13.2 Å². The first kappa shape index (κ1) is 26.1. The Balaban J connectivity index is 2.02. The number of carbonyl (C=O) groups excluding carboxylic acids is 1. The number of nitrogens with one attached hydrogen (secondary N) is 1. The van der Waals surface area contributed by atoms with Gasteiger partial charge in [0, 0.05) is 30.6 Å². The summed E-state index contributed by atoms with van der Waals surface area (Å²) in [6, 6.07) is 9.55. The second kappa shape index (κ2) is 10.8. The van der Waals surface area contributed by atoms with E-state index in [1.54, 1.807) is 12.1 Å². The number of benzene rings is 2. The molecular weight excluding hydrogens is 480 g/mol. The van der Waals surface area contributed by atoms with E-state index in [1.807, 2.05) is 13.8 Å². The number of halogens is 1. The van der Waals surface area contributed by atoms with Crippen LogP contribution in [0.2, 0.25) is 5.02 Å². The van der Waals surface area contributed by atoms with Gasteiger partial charge in [-0.05, 0) is 47.9 Å². The number of carbonyl (C=O) groups is 1. The summed E-state index contributed by atoms with van der Waals surface area (Å²) < 4.78 is 44.5. The molecule has 0 saturated carbocycles. The highest BCUT2D eigenvalue weighted by Gasteiger charge is 2.44. The summed E-state index contributed by atoms with van der Waals surface area (Å²) in [5.41, 5.74) is 0.730. The fourth-order valence-corrected chi connectivity index (χ4v) is 5.69. The van der Waals surface area contributed by atoms with Gasteiger partial charge in [0.05, 0.1) is 32.1 Å². The molecular formula is C24H31ClN2O6S. The van der Waals surface area contributed by atoms with E-state index in [0.717, 1.165) is 5.56 Å². The second-order valence-electron chi connectivity index (χ2n) is 8.59. The van der Waals surface area contributed by atoms with Crippen LogP contribution in [0.25, 0.3) is 0 Å². The maximum Gasteiger partial charge on any atom is 0.243 e. The first-order valence-corrected chi connectivity index (χ1v) is 12.8.